The second-order valence-electron chi connectivity index (χ2n) is 14.4. The molecule has 0 atom stereocenters. The minimum atomic E-state index is 0.549. The normalized spacial score (nSPS) is 12.2. The van der Waals surface area contributed by atoms with Crippen LogP contribution in [0.1, 0.15) is 0 Å². The minimum Gasteiger partial charge on any atom is -0.455 e. The number of ether oxygens (including phenoxy) is 1. The fourth-order valence-corrected chi connectivity index (χ4v) is 8.43. The summed E-state index contributed by atoms with van der Waals surface area (Å²) >= 11 is 0. The first-order valence-electron chi connectivity index (χ1n) is 19.3. The molecule has 0 N–H and O–H groups in total. The third-order valence-electron chi connectivity index (χ3n) is 11.0. The van der Waals surface area contributed by atoms with E-state index in [0.29, 0.717) is 17.5 Å². The number of benzene rings is 8. The van der Waals surface area contributed by atoms with Crippen LogP contribution in [0.25, 0.3) is 83.6 Å². The Bertz CT molecular complexity index is 3320. The van der Waals surface area contributed by atoms with E-state index in [0.717, 1.165) is 94.7 Å². The molecule has 12 rings (SSSR count). The van der Waals surface area contributed by atoms with Gasteiger partial charge in [0.25, 0.3) is 0 Å². The lowest BCUT2D eigenvalue weighted by Crippen LogP contribution is -2.17. The molecule has 0 radical (unpaired) electrons. The molecule has 0 bridgehead atoms. The Morgan fingerprint density at radius 1 is 0.431 bits per heavy atom. The summed E-state index contributed by atoms with van der Waals surface area (Å²) in [5, 5.41) is 4.26. The van der Waals surface area contributed by atoms with Crippen LogP contribution >= 0.6 is 0 Å². The molecular formula is C51H31N5O2. The van der Waals surface area contributed by atoms with Crippen molar-refractivity contribution in [3.63, 3.8) is 0 Å². The number of rotatable bonds is 5. The van der Waals surface area contributed by atoms with Gasteiger partial charge in [0.1, 0.15) is 16.9 Å². The Balaban J connectivity index is 1.09. The van der Waals surface area contributed by atoms with Gasteiger partial charge in [-0.1, -0.05) is 121 Å². The standard InChI is InChI=1S/C51H31N5O2/c1-4-15-32(16-5-1)49-52-50(33-17-6-2-7-18-33)54-51(53-49)39-23-14-22-38-40-31-35(27-29-43(40)58-48(38)39)56-41-24-11-10-21-36(41)37-28-30-45-47(46(37)56)55(34-19-8-3-9-20-34)42-25-12-13-26-44(42)57-45/h1-31H. The maximum atomic E-state index is 6.74. The summed E-state index contributed by atoms with van der Waals surface area (Å²) in [4.78, 5) is 17.3. The fourth-order valence-electron chi connectivity index (χ4n) is 8.43. The van der Waals surface area contributed by atoms with Crippen molar-refractivity contribution in [1.29, 1.82) is 0 Å². The zero-order valence-electron chi connectivity index (χ0n) is 31.0. The lowest BCUT2D eigenvalue weighted by Gasteiger charge is -2.33. The topological polar surface area (TPSA) is 69.2 Å². The molecule has 4 heterocycles. The predicted octanol–water partition coefficient (Wildman–Crippen LogP) is 13.4. The van der Waals surface area contributed by atoms with Crippen LogP contribution in [0.4, 0.5) is 17.1 Å². The van der Waals surface area contributed by atoms with Crippen LogP contribution in [-0.2, 0) is 0 Å². The van der Waals surface area contributed by atoms with Crippen LogP contribution < -0.4 is 9.64 Å². The van der Waals surface area contributed by atoms with Crippen molar-refractivity contribution in [2.45, 2.75) is 0 Å². The van der Waals surface area contributed by atoms with Gasteiger partial charge in [0.2, 0.25) is 0 Å². The summed E-state index contributed by atoms with van der Waals surface area (Å²) in [6.07, 6.45) is 0. The number of hydrogen-bond acceptors (Lipinski definition) is 6. The number of aromatic nitrogens is 4. The van der Waals surface area contributed by atoms with Gasteiger partial charge in [-0.25, -0.2) is 15.0 Å². The Morgan fingerprint density at radius 2 is 1.09 bits per heavy atom. The molecular weight excluding hydrogens is 715 g/mol. The number of nitrogens with zero attached hydrogens (tertiary/aromatic N) is 5. The second kappa shape index (κ2) is 12.8. The zero-order chi connectivity index (χ0) is 38.2. The quantitative estimate of drug-likeness (QED) is 0.175. The number of hydrogen-bond donors (Lipinski definition) is 0. The van der Waals surface area contributed by atoms with Gasteiger partial charge >= 0.3 is 0 Å². The molecule has 1 aliphatic rings. The number of fused-ring (bicyclic) bond motifs is 9. The van der Waals surface area contributed by atoms with Crippen molar-refractivity contribution in [2.24, 2.45) is 0 Å². The highest BCUT2D eigenvalue weighted by atomic mass is 16.5. The maximum Gasteiger partial charge on any atom is 0.167 e. The van der Waals surface area contributed by atoms with Crippen molar-refractivity contribution in [3.05, 3.63) is 188 Å². The molecule has 272 valence electrons. The first-order chi connectivity index (χ1) is 28.8. The smallest absolute Gasteiger partial charge is 0.167 e. The number of anilines is 3. The van der Waals surface area contributed by atoms with Crippen LogP contribution in [0.3, 0.4) is 0 Å². The van der Waals surface area contributed by atoms with Crippen molar-refractivity contribution >= 4 is 60.8 Å². The van der Waals surface area contributed by atoms with Crippen LogP contribution in [0.5, 0.6) is 11.5 Å². The van der Waals surface area contributed by atoms with E-state index in [9.17, 15) is 0 Å². The Morgan fingerprint density at radius 3 is 1.86 bits per heavy atom. The Kier molecular flexibility index (Phi) is 7.09. The van der Waals surface area contributed by atoms with Gasteiger partial charge < -0.3 is 18.6 Å². The van der Waals surface area contributed by atoms with Crippen LogP contribution in [0.2, 0.25) is 0 Å². The summed E-state index contributed by atoms with van der Waals surface area (Å²) in [6, 6.07) is 64.3. The average Bonchev–Trinajstić information content (AvgIpc) is 3.84. The lowest BCUT2D eigenvalue weighted by molar-refractivity contribution is 0.477. The van der Waals surface area contributed by atoms with Crippen molar-refractivity contribution in [1.82, 2.24) is 19.5 Å². The third kappa shape index (κ3) is 4.97. The van der Waals surface area contributed by atoms with E-state index < -0.39 is 0 Å². The maximum absolute atomic E-state index is 6.74. The summed E-state index contributed by atoms with van der Waals surface area (Å²) < 4.78 is 15.8. The highest BCUT2D eigenvalue weighted by Crippen LogP contribution is 2.54. The summed E-state index contributed by atoms with van der Waals surface area (Å²) in [7, 11) is 0. The van der Waals surface area contributed by atoms with Crippen LogP contribution in [0.15, 0.2) is 192 Å². The molecule has 1 aliphatic heterocycles. The third-order valence-corrected chi connectivity index (χ3v) is 11.0. The van der Waals surface area contributed by atoms with E-state index in [1.807, 2.05) is 78.9 Å². The first-order valence-corrected chi connectivity index (χ1v) is 19.3. The van der Waals surface area contributed by atoms with Gasteiger partial charge in [-0.2, -0.15) is 0 Å². The van der Waals surface area contributed by atoms with E-state index >= 15 is 0 Å². The monoisotopic (exact) mass is 745 g/mol. The summed E-state index contributed by atoms with van der Waals surface area (Å²) in [5.74, 6) is 3.36. The van der Waals surface area contributed by atoms with Gasteiger partial charge in [0, 0.05) is 44.0 Å². The molecule has 0 amide bonds. The summed E-state index contributed by atoms with van der Waals surface area (Å²) in [6.45, 7) is 0. The number of furan rings is 1. The van der Waals surface area contributed by atoms with Gasteiger partial charge in [-0.05, 0) is 66.7 Å². The van der Waals surface area contributed by atoms with Gasteiger partial charge in [-0.3, -0.25) is 0 Å². The minimum absolute atomic E-state index is 0.549. The van der Waals surface area contributed by atoms with E-state index in [1.165, 1.54) is 0 Å². The molecule has 0 spiro atoms. The Labute approximate surface area is 332 Å². The SMILES string of the molecule is c1ccc(-c2nc(-c3ccccc3)nc(-c3cccc4c3oc3ccc(-n5c6ccccc6c6ccc7c(c65)N(c5ccccc5)c5ccccc5O7)cc34)n2)cc1. The largest absolute Gasteiger partial charge is 0.455 e. The predicted molar refractivity (Wildman–Crippen MR) is 233 cm³/mol. The van der Waals surface area contributed by atoms with Crippen LogP contribution in [-0.4, -0.2) is 19.5 Å². The molecule has 0 unspecified atom stereocenters. The van der Waals surface area contributed by atoms with E-state index in [2.05, 4.69) is 119 Å². The second-order valence-corrected chi connectivity index (χ2v) is 14.4. The van der Waals surface area contributed by atoms with E-state index in [-0.39, 0.29) is 0 Å². The number of para-hydroxylation sites is 5. The summed E-state index contributed by atoms with van der Waals surface area (Å²) in [5.41, 5.74) is 10.3. The molecule has 0 saturated carbocycles. The molecule has 8 aromatic carbocycles. The molecule has 0 saturated heterocycles. The highest BCUT2D eigenvalue weighted by molar-refractivity contribution is 6.17. The van der Waals surface area contributed by atoms with Gasteiger partial charge in [0.15, 0.2) is 29.0 Å². The molecule has 7 nitrogen and oxygen atoms in total. The lowest BCUT2D eigenvalue weighted by atomic mass is 10.1. The molecule has 0 aliphatic carbocycles. The molecule has 11 aromatic rings. The molecule has 0 fully saturated rings. The van der Waals surface area contributed by atoms with E-state index in [4.69, 9.17) is 24.1 Å². The van der Waals surface area contributed by atoms with Crippen LogP contribution in [0, 0.1) is 0 Å². The van der Waals surface area contributed by atoms with Crippen molar-refractivity contribution in [2.75, 3.05) is 4.90 Å². The highest BCUT2D eigenvalue weighted by Gasteiger charge is 2.31. The molecule has 58 heavy (non-hydrogen) atoms. The van der Waals surface area contributed by atoms with Crippen molar-refractivity contribution in [3.8, 4) is 51.3 Å². The van der Waals surface area contributed by atoms with Crippen molar-refractivity contribution < 1.29 is 9.15 Å². The van der Waals surface area contributed by atoms with Gasteiger partial charge in [-0.15, -0.1) is 0 Å². The average molecular weight is 746 g/mol. The van der Waals surface area contributed by atoms with E-state index in [1.54, 1.807) is 0 Å². The van der Waals surface area contributed by atoms with Gasteiger partial charge in [0.05, 0.1) is 22.3 Å². The zero-order valence-corrected chi connectivity index (χ0v) is 31.0. The molecule has 3 aromatic heterocycles. The Hall–Kier alpha value is -8.03. The fraction of sp³-hybridized carbons (Fsp3) is 0. The first kappa shape index (κ1) is 32.2. The molecule has 7 heteroatoms.